The minimum Gasteiger partial charge on any atom is -0.508 e. The molecule has 0 radical (unpaired) electrons. The highest BCUT2D eigenvalue weighted by molar-refractivity contribution is 5.94. The van der Waals surface area contributed by atoms with Crippen LogP contribution in [-0.2, 0) is 0 Å². The lowest BCUT2D eigenvalue weighted by atomic mass is 10.1. The normalized spacial score (nSPS) is 9.25. The van der Waals surface area contributed by atoms with Gasteiger partial charge in [0.15, 0.2) is 5.78 Å². The molecule has 0 atom stereocenters. The number of ketones is 1. The fraction of sp³-hybridized carbons (Fsp3) is 0.0667. The Balaban J connectivity index is 0.000000200. The summed E-state index contributed by atoms with van der Waals surface area (Å²) in [7, 11) is 0. The third kappa shape index (κ3) is 4.81. The van der Waals surface area contributed by atoms with Gasteiger partial charge in [-0.3, -0.25) is 4.79 Å². The first-order valence-electron chi connectivity index (χ1n) is 5.72. The van der Waals surface area contributed by atoms with Gasteiger partial charge in [0.1, 0.15) is 11.5 Å². The van der Waals surface area contributed by atoms with Gasteiger partial charge >= 0.3 is 5.97 Å². The molecule has 0 saturated carbocycles. The number of carboxylic acids is 1. The fourth-order valence-electron chi connectivity index (χ4n) is 1.36. The number of Topliss-reactive ketones (excluding diaryl/α,β-unsaturated/α-hetero) is 1. The third-order valence-electron chi connectivity index (χ3n) is 2.35. The number of hydrogen-bond donors (Lipinski definition) is 3. The quantitative estimate of drug-likeness (QED) is 0.732. The lowest BCUT2D eigenvalue weighted by Gasteiger charge is -1.93. The van der Waals surface area contributed by atoms with Crippen LogP contribution in [0, 0.1) is 0 Å². The summed E-state index contributed by atoms with van der Waals surface area (Å²) >= 11 is 0. The molecule has 0 saturated heterocycles. The van der Waals surface area contributed by atoms with E-state index in [9.17, 15) is 9.59 Å². The molecule has 104 valence electrons. The first kappa shape index (κ1) is 15.2. The van der Waals surface area contributed by atoms with Gasteiger partial charge in [0, 0.05) is 5.56 Å². The summed E-state index contributed by atoms with van der Waals surface area (Å²) in [6.07, 6.45) is 0. The van der Waals surface area contributed by atoms with Crippen molar-refractivity contribution in [3.8, 4) is 11.5 Å². The van der Waals surface area contributed by atoms with Gasteiger partial charge in [0.25, 0.3) is 0 Å². The first-order valence-corrected chi connectivity index (χ1v) is 5.72. The number of aromatic hydroxyl groups is 2. The minimum atomic E-state index is -1.03. The fourth-order valence-corrected chi connectivity index (χ4v) is 1.36. The average molecular weight is 274 g/mol. The Labute approximate surface area is 115 Å². The summed E-state index contributed by atoms with van der Waals surface area (Å²) in [5.74, 6) is -0.959. The van der Waals surface area contributed by atoms with Crippen LogP contribution < -0.4 is 0 Å². The summed E-state index contributed by atoms with van der Waals surface area (Å²) in [6, 6.07) is 11.8. The number of hydrogen-bond acceptors (Lipinski definition) is 4. The standard InChI is InChI=1S/C8H8O2.C7H6O3/c1-6(9)7-3-2-4-8(10)5-7;8-6-3-1-2-5(4-6)7(9)10/h2-5,10H,1H3;1-4,8H,(H,9,10). The SMILES string of the molecule is CC(=O)c1cccc(O)c1.O=C(O)c1cccc(O)c1. The van der Waals surface area contributed by atoms with E-state index in [2.05, 4.69) is 0 Å². The Morgan fingerprint density at radius 1 is 0.850 bits per heavy atom. The van der Waals surface area contributed by atoms with E-state index in [1.54, 1.807) is 12.1 Å². The predicted molar refractivity (Wildman–Crippen MR) is 73.2 cm³/mol. The van der Waals surface area contributed by atoms with Crippen LogP contribution in [0.5, 0.6) is 11.5 Å². The average Bonchev–Trinajstić information content (AvgIpc) is 2.39. The minimum absolute atomic E-state index is 0.0279. The zero-order valence-corrected chi connectivity index (χ0v) is 10.8. The third-order valence-corrected chi connectivity index (χ3v) is 2.35. The number of carbonyl (C=O) groups is 2. The highest BCUT2D eigenvalue weighted by Crippen LogP contribution is 2.11. The van der Waals surface area contributed by atoms with Crippen LogP contribution in [0.25, 0.3) is 0 Å². The van der Waals surface area contributed by atoms with Gasteiger partial charge in [-0.25, -0.2) is 4.79 Å². The molecule has 0 unspecified atom stereocenters. The van der Waals surface area contributed by atoms with Crippen LogP contribution in [0.3, 0.4) is 0 Å². The monoisotopic (exact) mass is 274 g/mol. The van der Waals surface area contributed by atoms with Crippen LogP contribution in [0.2, 0.25) is 0 Å². The zero-order valence-electron chi connectivity index (χ0n) is 10.8. The van der Waals surface area contributed by atoms with E-state index in [1.807, 2.05) is 0 Å². The van der Waals surface area contributed by atoms with Gasteiger partial charge < -0.3 is 15.3 Å². The highest BCUT2D eigenvalue weighted by Gasteiger charge is 2.00. The Morgan fingerprint density at radius 2 is 1.30 bits per heavy atom. The summed E-state index contributed by atoms with van der Waals surface area (Å²) in [5, 5.41) is 26.1. The maximum Gasteiger partial charge on any atom is 0.335 e. The molecule has 0 aliphatic rings. The van der Waals surface area contributed by atoms with Gasteiger partial charge in [-0.1, -0.05) is 18.2 Å². The number of aromatic carboxylic acids is 1. The molecule has 0 aliphatic heterocycles. The van der Waals surface area contributed by atoms with E-state index in [0.29, 0.717) is 5.56 Å². The Kier molecular flexibility index (Phi) is 5.29. The molecule has 0 bridgehead atoms. The van der Waals surface area contributed by atoms with Crippen molar-refractivity contribution in [1.82, 2.24) is 0 Å². The van der Waals surface area contributed by atoms with Crippen LogP contribution in [-0.4, -0.2) is 27.1 Å². The van der Waals surface area contributed by atoms with Crippen molar-refractivity contribution >= 4 is 11.8 Å². The number of carboxylic acid groups (broad SMARTS) is 1. The van der Waals surface area contributed by atoms with Gasteiger partial charge in [-0.2, -0.15) is 0 Å². The Bertz CT molecular complexity index is 564. The molecule has 0 heterocycles. The van der Waals surface area contributed by atoms with E-state index in [-0.39, 0.29) is 22.8 Å². The van der Waals surface area contributed by atoms with Gasteiger partial charge in [0.05, 0.1) is 5.56 Å². The smallest absolute Gasteiger partial charge is 0.335 e. The van der Waals surface area contributed by atoms with Crippen LogP contribution in [0.4, 0.5) is 0 Å². The second-order valence-electron chi connectivity index (χ2n) is 3.96. The molecule has 0 aromatic heterocycles. The molecule has 2 aromatic rings. The highest BCUT2D eigenvalue weighted by atomic mass is 16.4. The lowest BCUT2D eigenvalue weighted by Crippen LogP contribution is -1.94. The lowest BCUT2D eigenvalue weighted by molar-refractivity contribution is 0.0696. The van der Waals surface area contributed by atoms with Crippen molar-refractivity contribution in [2.45, 2.75) is 6.92 Å². The van der Waals surface area contributed by atoms with Crippen molar-refractivity contribution in [2.24, 2.45) is 0 Å². The number of phenols is 2. The van der Waals surface area contributed by atoms with E-state index in [0.717, 1.165) is 0 Å². The van der Waals surface area contributed by atoms with Crippen molar-refractivity contribution in [3.63, 3.8) is 0 Å². The molecular weight excluding hydrogens is 260 g/mol. The van der Waals surface area contributed by atoms with Gasteiger partial charge in [0.2, 0.25) is 0 Å². The van der Waals surface area contributed by atoms with E-state index in [1.165, 1.54) is 43.3 Å². The largest absolute Gasteiger partial charge is 0.508 e. The summed E-state index contributed by atoms with van der Waals surface area (Å²) in [5.41, 5.74) is 0.639. The Morgan fingerprint density at radius 3 is 1.60 bits per heavy atom. The molecule has 0 aliphatic carbocycles. The molecule has 20 heavy (non-hydrogen) atoms. The van der Waals surface area contributed by atoms with Crippen molar-refractivity contribution in [1.29, 1.82) is 0 Å². The second kappa shape index (κ2) is 6.94. The van der Waals surface area contributed by atoms with E-state index < -0.39 is 5.97 Å². The molecule has 5 heteroatoms. The van der Waals surface area contributed by atoms with E-state index in [4.69, 9.17) is 15.3 Å². The number of carbonyl (C=O) groups excluding carboxylic acids is 1. The molecule has 0 fully saturated rings. The van der Waals surface area contributed by atoms with Crippen LogP contribution in [0.1, 0.15) is 27.6 Å². The van der Waals surface area contributed by atoms with Gasteiger partial charge in [-0.15, -0.1) is 0 Å². The Hall–Kier alpha value is -2.82. The maximum atomic E-state index is 10.7. The molecule has 0 spiro atoms. The number of rotatable bonds is 2. The van der Waals surface area contributed by atoms with Crippen LogP contribution >= 0.6 is 0 Å². The molecule has 2 rings (SSSR count). The molecule has 5 nitrogen and oxygen atoms in total. The molecule has 3 N–H and O–H groups in total. The summed E-state index contributed by atoms with van der Waals surface area (Å²) in [6.45, 7) is 1.47. The zero-order chi connectivity index (χ0) is 15.1. The van der Waals surface area contributed by atoms with Crippen molar-refractivity contribution < 1.29 is 24.9 Å². The molecule has 2 aromatic carbocycles. The predicted octanol–water partition coefficient (Wildman–Crippen LogP) is 2.69. The maximum absolute atomic E-state index is 10.7. The van der Waals surface area contributed by atoms with E-state index >= 15 is 0 Å². The second-order valence-corrected chi connectivity index (χ2v) is 3.96. The van der Waals surface area contributed by atoms with Crippen molar-refractivity contribution in [2.75, 3.05) is 0 Å². The first-order chi connectivity index (χ1) is 9.40. The number of benzene rings is 2. The summed E-state index contributed by atoms with van der Waals surface area (Å²) in [4.78, 5) is 20.9. The number of phenolic OH excluding ortho intramolecular Hbond substituents is 2. The molecule has 0 amide bonds. The summed E-state index contributed by atoms with van der Waals surface area (Å²) < 4.78 is 0. The van der Waals surface area contributed by atoms with Crippen molar-refractivity contribution in [3.05, 3.63) is 59.7 Å². The van der Waals surface area contributed by atoms with Gasteiger partial charge in [-0.05, 0) is 37.3 Å². The topological polar surface area (TPSA) is 94.8 Å². The van der Waals surface area contributed by atoms with Crippen LogP contribution in [0.15, 0.2) is 48.5 Å². The molecular formula is C15H14O5.